The summed E-state index contributed by atoms with van der Waals surface area (Å²) in [5.74, 6) is 1.47. The zero-order valence-corrected chi connectivity index (χ0v) is 16.5. The van der Waals surface area contributed by atoms with Crippen molar-refractivity contribution in [3.8, 4) is 5.75 Å². The summed E-state index contributed by atoms with van der Waals surface area (Å²) in [6.07, 6.45) is 0.803. The highest BCUT2D eigenvalue weighted by Crippen LogP contribution is 2.24. The number of thiazole rings is 1. The maximum atomic E-state index is 6.12. The van der Waals surface area contributed by atoms with Gasteiger partial charge in [0.05, 0.1) is 22.3 Å². The quantitative estimate of drug-likeness (QED) is 0.542. The number of hydrogen-bond acceptors (Lipinski definition) is 4. The van der Waals surface area contributed by atoms with E-state index < -0.39 is 0 Å². The van der Waals surface area contributed by atoms with Crippen LogP contribution in [0.25, 0.3) is 0 Å². The van der Waals surface area contributed by atoms with Gasteiger partial charge in [0.15, 0.2) is 5.96 Å². The fourth-order valence-corrected chi connectivity index (χ4v) is 3.02. The fourth-order valence-electron chi connectivity index (χ4n) is 2.19. The minimum absolute atomic E-state index is 0.0726. The minimum Gasteiger partial charge on any atom is -0.487 e. The Hall–Kier alpha value is -1.79. The van der Waals surface area contributed by atoms with Gasteiger partial charge >= 0.3 is 0 Å². The van der Waals surface area contributed by atoms with Crippen LogP contribution in [0.2, 0.25) is 5.02 Å². The maximum Gasteiger partial charge on any atom is 0.191 e. The number of rotatable bonds is 8. The molecule has 0 saturated heterocycles. The Balaban J connectivity index is 1.82. The molecule has 0 saturated carbocycles. The number of aromatic nitrogens is 1. The fraction of sp³-hybridized carbons (Fsp3) is 0.444. The average Bonchev–Trinajstić information content (AvgIpc) is 3.00. The van der Waals surface area contributed by atoms with Gasteiger partial charge < -0.3 is 15.4 Å². The van der Waals surface area contributed by atoms with Gasteiger partial charge in [-0.25, -0.2) is 9.98 Å². The largest absolute Gasteiger partial charge is 0.487 e. The SMILES string of the molecule is CCNC(=NCC(C)Oc1ccccc1Cl)NCCc1csc(C)n1. The monoisotopic (exact) mass is 380 g/mol. The molecular weight excluding hydrogens is 356 g/mol. The van der Waals surface area contributed by atoms with Crippen molar-refractivity contribution >= 4 is 28.9 Å². The number of ether oxygens (including phenoxy) is 1. The predicted molar refractivity (Wildman–Crippen MR) is 106 cm³/mol. The van der Waals surface area contributed by atoms with Crippen LogP contribution in [0.15, 0.2) is 34.6 Å². The maximum absolute atomic E-state index is 6.12. The molecule has 1 aromatic heterocycles. The molecule has 7 heteroatoms. The summed E-state index contributed by atoms with van der Waals surface area (Å²) in [5.41, 5.74) is 1.11. The number of para-hydroxylation sites is 1. The van der Waals surface area contributed by atoms with E-state index in [1.807, 2.05) is 45.0 Å². The Morgan fingerprint density at radius 1 is 1.36 bits per heavy atom. The van der Waals surface area contributed by atoms with E-state index in [0.717, 1.165) is 36.2 Å². The van der Waals surface area contributed by atoms with E-state index in [1.54, 1.807) is 11.3 Å². The molecule has 0 aliphatic carbocycles. The summed E-state index contributed by atoms with van der Waals surface area (Å²) in [7, 11) is 0. The lowest BCUT2D eigenvalue weighted by Gasteiger charge is -2.15. The van der Waals surface area contributed by atoms with E-state index >= 15 is 0 Å². The molecule has 0 amide bonds. The Morgan fingerprint density at radius 2 is 2.16 bits per heavy atom. The zero-order valence-electron chi connectivity index (χ0n) is 14.9. The van der Waals surface area contributed by atoms with Gasteiger partial charge in [0, 0.05) is 24.9 Å². The first-order chi connectivity index (χ1) is 12.1. The molecule has 1 heterocycles. The molecule has 0 aliphatic heterocycles. The van der Waals surface area contributed by atoms with Crippen LogP contribution in [-0.2, 0) is 6.42 Å². The van der Waals surface area contributed by atoms with Crippen molar-refractivity contribution < 1.29 is 4.74 Å². The molecular formula is C18H25ClN4OS. The van der Waals surface area contributed by atoms with Gasteiger partial charge in [-0.15, -0.1) is 11.3 Å². The van der Waals surface area contributed by atoms with Crippen LogP contribution in [0.5, 0.6) is 5.75 Å². The Bertz CT molecular complexity index is 689. The molecule has 5 nitrogen and oxygen atoms in total. The second-order valence-electron chi connectivity index (χ2n) is 5.61. The molecule has 136 valence electrons. The average molecular weight is 381 g/mol. The molecule has 2 N–H and O–H groups in total. The highest BCUT2D eigenvalue weighted by atomic mass is 35.5. The molecule has 0 aliphatic rings. The van der Waals surface area contributed by atoms with Crippen molar-refractivity contribution in [3.63, 3.8) is 0 Å². The van der Waals surface area contributed by atoms with E-state index in [-0.39, 0.29) is 6.10 Å². The summed E-state index contributed by atoms with van der Waals surface area (Å²) in [5, 5.41) is 10.4. The molecule has 0 spiro atoms. The van der Waals surface area contributed by atoms with Crippen molar-refractivity contribution in [3.05, 3.63) is 45.4 Å². The van der Waals surface area contributed by atoms with E-state index in [9.17, 15) is 0 Å². The van der Waals surface area contributed by atoms with Gasteiger partial charge in [-0.2, -0.15) is 0 Å². The van der Waals surface area contributed by atoms with Gasteiger partial charge in [0.25, 0.3) is 0 Å². The second kappa shape index (κ2) is 10.3. The van der Waals surface area contributed by atoms with Crippen LogP contribution in [0, 0.1) is 6.92 Å². The third-order valence-electron chi connectivity index (χ3n) is 3.36. The van der Waals surface area contributed by atoms with Crippen molar-refractivity contribution in [1.29, 1.82) is 0 Å². The highest BCUT2D eigenvalue weighted by Gasteiger charge is 2.07. The summed E-state index contributed by atoms with van der Waals surface area (Å²) in [6.45, 7) is 8.18. The van der Waals surface area contributed by atoms with Crippen molar-refractivity contribution in [1.82, 2.24) is 15.6 Å². The van der Waals surface area contributed by atoms with Gasteiger partial charge in [0.2, 0.25) is 0 Å². The Kier molecular flexibility index (Phi) is 8.01. The normalized spacial score (nSPS) is 12.7. The highest BCUT2D eigenvalue weighted by molar-refractivity contribution is 7.09. The lowest BCUT2D eigenvalue weighted by molar-refractivity contribution is 0.230. The number of benzene rings is 1. The number of nitrogens with zero attached hydrogens (tertiary/aromatic N) is 2. The van der Waals surface area contributed by atoms with Gasteiger partial charge in [-0.05, 0) is 32.9 Å². The number of guanidine groups is 1. The lowest BCUT2D eigenvalue weighted by atomic mass is 10.3. The molecule has 2 rings (SSSR count). The first-order valence-electron chi connectivity index (χ1n) is 8.43. The third-order valence-corrected chi connectivity index (χ3v) is 4.49. The van der Waals surface area contributed by atoms with Crippen LogP contribution in [0.4, 0.5) is 0 Å². The number of aliphatic imine (C=N–C) groups is 1. The van der Waals surface area contributed by atoms with E-state index in [0.29, 0.717) is 17.3 Å². The predicted octanol–water partition coefficient (Wildman–Crippen LogP) is 3.67. The number of aryl methyl sites for hydroxylation is 1. The van der Waals surface area contributed by atoms with Crippen LogP contribution in [0.1, 0.15) is 24.5 Å². The van der Waals surface area contributed by atoms with E-state index in [2.05, 4.69) is 26.0 Å². The topological polar surface area (TPSA) is 58.5 Å². The molecule has 1 atom stereocenters. The van der Waals surface area contributed by atoms with E-state index in [4.69, 9.17) is 16.3 Å². The van der Waals surface area contributed by atoms with Crippen LogP contribution in [-0.4, -0.2) is 36.7 Å². The Labute approximate surface area is 158 Å². The lowest BCUT2D eigenvalue weighted by Crippen LogP contribution is -2.39. The van der Waals surface area contributed by atoms with Crippen molar-refractivity contribution in [2.75, 3.05) is 19.6 Å². The molecule has 25 heavy (non-hydrogen) atoms. The smallest absolute Gasteiger partial charge is 0.191 e. The Morgan fingerprint density at radius 3 is 2.84 bits per heavy atom. The van der Waals surface area contributed by atoms with Gasteiger partial charge in [0.1, 0.15) is 11.9 Å². The summed E-state index contributed by atoms with van der Waals surface area (Å²) >= 11 is 7.80. The first kappa shape index (κ1) is 19.5. The van der Waals surface area contributed by atoms with Gasteiger partial charge in [-0.1, -0.05) is 23.7 Å². The molecule has 0 bridgehead atoms. The summed E-state index contributed by atoms with van der Waals surface area (Å²) < 4.78 is 5.85. The molecule has 2 aromatic rings. The summed E-state index contributed by atoms with van der Waals surface area (Å²) in [4.78, 5) is 9.05. The standard InChI is InChI=1S/C18H25ClN4OS/c1-4-20-18(21-10-9-15-12-25-14(3)23-15)22-11-13(2)24-17-8-6-5-7-16(17)19/h5-8,12-13H,4,9-11H2,1-3H3,(H2,20,21,22). The van der Waals surface area contributed by atoms with Crippen LogP contribution in [0.3, 0.4) is 0 Å². The van der Waals surface area contributed by atoms with Crippen molar-refractivity contribution in [2.24, 2.45) is 4.99 Å². The summed E-state index contributed by atoms with van der Waals surface area (Å²) in [6, 6.07) is 7.47. The number of halogens is 1. The molecule has 0 radical (unpaired) electrons. The van der Waals surface area contributed by atoms with Gasteiger partial charge in [-0.3, -0.25) is 0 Å². The number of nitrogens with one attached hydrogen (secondary N) is 2. The molecule has 1 aromatic carbocycles. The third kappa shape index (κ3) is 6.92. The van der Waals surface area contributed by atoms with E-state index in [1.165, 1.54) is 0 Å². The number of hydrogen-bond donors (Lipinski definition) is 2. The van der Waals surface area contributed by atoms with Crippen LogP contribution >= 0.6 is 22.9 Å². The van der Waals surface area contributed by atoms with Crippen molar-refractivity contribution in [2.45, 2.75) is 33.3 Å². The van der Waals surface area contributed by atoms with Crippen LogP contribution < -0.4 is 15.4 Å². The molecule has 0 fully saturated rings. The zero-order chi connectivity index (χ0) is 18.1. The molecule has 1 unspecified atom stereocenters. The minimum atomic E-state index is -0.0726. The second-order valence-corrected chi connectivity index (χ2v) is 7.08. The first-order valence-corrected chi connectivity index (χ1v) is 9.68.